The maximum absolute atomic E-state index is 10.9. The van der Waals surface area contributed by atoms with E-state index in [1.807, 2.05) is 6.07 Å². The van der Waals surface area contributed by atoms with E-state index < -0.39 is 0 Å². The van der Waals surface area contributed by atoms with E-state index in [1.165, 1.54) is 12.7 Å². The Hall–Kier alpha value is -2.40. The first-order chi connectivity index (χ1) is 10.7. The quantitative estimate of drug-likeness (QED) is 0.628. The number of nitrogen functional groups attached to an aromatic ring is 1. The van der Waals surface area contributed by atoms with Crippen molar-refractivity contribution >= 4 is 11.8 Å². The molecule has 5 nitrogen and oxygen atoms in total. The van der Waals surface area contributed by atoms with E-state index in [9.17, 15) is 4.79 Å². The van der Waals surface area contributed by atoms with Crippen molar-refractivity contribution in [1.29, 1.82) is 0 Å². The molecule has 1 aromatic heterocycles. The van der Waals surface area contributed by atoms with E-state index in [2.05, 4.69) is 34.0 Å². The van der Waals surface area contributed by atoms with Gasteiger partial charge < -0.3 is 15.2 Å². The van der Waals surface area contributed by atoms with Crippen molar-refractivity contribution < 1.29 is 14.3 Å². The lowest BCUT2D eigenvalue weighted by atomic mass is 10.0. The average molecular weight is 300 g/mol. The number of pyridine rings is 1. The smallest absolute Gasteiger partial charge is 0.307 e. The molecule has 2 N–H and O–H groups in total. The number of aromatic nitrogens is 1. The van der Waals surface area contributed by atoms with Crippen LogP contribution in [0.1, 0.15) is 12.0 Å². The number of nitrogens with zero attached hydrogens (tertiary/aromatic N) is 1. The fourth-order valence-corrected chi connectivity index (χ4v) is 1.99. The van der Waals surface area contributed by atoms with Crippen LogP contribution in [0.3, 0.4) is 0 Å². The highest BCUT2D eigenvalue weighted by Gasteiger charge is 2.01. The molecule has 2 rings (SSSR count). The van der Waals surface area contributed by atoms with Crippen LogP contribution in [-0.4, -0.2) is 31.3 Å². The molecule has 0 saturated carbocycles. The number of esters is 1. The van der Waals surface area contributed by atoms with Gasteiger partial charge in [0.1, 0.15) is 5.82 Å². The SMILES string of the molecule is COC(=O)CCOCCc1ccc(-c2ccc(N)nc2)cc1. The largest absolute Gasteiger partial charge is 0.469 e. The highest BCUT2D eigenvalue weighted by atomic mass is 16.5. The Kier molecular flexibility index (Phi) is 5.91. The van der Waals surface area contributed by atoms with Gasteiger partial charge in [-0.3, -0.25) is 4.79 Å². The van der Waals surface area contributed by atoms with Crippen molar-refractivity contribution in [2.45, 2.75) is 12.8 Å². The van der Waals surface area contributed by atoms with Gasteiger partial charge in [0.05, 0.1) is 26.7 Å². The maximum Gasteiger partial charge on any atom is 0.307 e. The van der Waals surface area contributed by atoms with E-state index in [0.717, 1.165) is 17.5 Å². The topological polar surface area (TPSA) is 74.4 Å². The van der Waals surface area contributed by atoms with Crippen LogP contribution in [0.4, 0.5) is 5.82 Å². The second kappa shape index (κ2) is 8.14. The van der Waals surface area contributed by atoms with Crippen LogP contribution in [0.2, 0.25) is 0 Å². The van der Waals surface area contributed by atoms with Gasteiger partial charge in [-0.2, -0.15) is 0 Å². The number of carbonyl (C=O) groups excluding carboxylic acids is 1. The first-order valence-electron chi connectivity index (χ1n) is 7.14. The summed E-state index contributed by atoms with van der Waals surface area (Å²) in [5, 5.41) is 0. The number of hydrogen-bond acceptors (Lipinski definition) is 5. The second-order valence-corrected chi connectivity index (χ2v) is 4.86. The number of methoxy groups -OCH3 is 1. The zero-order valence-corrected chi connectivity index (χ0v) is 12.6. The molecule has 0 bridgehead atoms. The Morgan fingerprint density at radius 1 is 1.09 bits per heavy atom. The first kappa shape index (κ1) is 16.0. The molecule has 0 unspecified atom stereocenters. The highest BCUT2D eigenvalue weighted by molar-refractivity contribution is 5.69. The Balaban J connectivity index is 1.79. The predicted octanol–water partition coefficient (Wildman–Crippen LogP) is 2.45. The van der Waals surface area contributed by atoms with Crippen LogP contribution < -0.4 is 5.73 Å². The molecular weight excluding hydrogens is 280 g/mol. The molecule has 5 heteroatoms. The molecule has 2 aromatic rings. The maximum atomic E-state index is 10.9. The van der Waals surface area contributed by atoms with Crippen LogP contribution in [-0.2, 0) is 20.7 Å². The van der Waals surface area contributed by atoms with Crippen molar-refractivity contribution in [3.63, 3.8) is 0 Å². The molecule has 116 valence electrons. The van der Waals surface area contributed by atoms with Gasteiger partial charge in [-0.1, -0.05) is 24.3 Å². The van der Waals surface area contributed by atoms with Gasteiger partial charge in [-0.15, -0.1) is 0 Å². The predicted molar refractivity (Wildman–Crippen MR) is 85.2 cm³/mol. The zero-order chi connectivity index (χ0) is 15.8. The summed E-state index contributed by atoms with van der Waals surface area (Å²) >= 11 is 0. The van der Waals surface area contributed by atoms with Crippen LogP contribution in [0.25, 0.3) is 11.1 Å². The van der Waals surface area contributed by atoms with Gasteiger partial charge in [0.25, 0.3) is 0 Å². The number of rotatable bonds is 7. The monoisotopic (exact) mass is 300 g/mol. The van der Waals surface area contributed by atoms with Gasteiger partial charge in [0.2, 0.25) is 0 Å². The molecule has 0 fully saturated rings. The van der Waals surface area contributed by atoms with Crippen LogP contribution in [0.5, 0.6) is 0 Å². The summed E-state index contributed by atoms with van der Waals surface area (Å²) < 4.78 is 9.96. The standard InChI is InChI=1S/C17H20N2O3/c1-21-17(20)9-11-22-10-8-13-2-4-14(5-3-13)15-6-7-16(18)19-12-15/h2-7,12H,8-11H2,1H3,(H2,18,19). The number of carbonyl (C=O) groups is 1. The molecule has 0 amide bonds. The molecule has 0 atom stereocenters. The summed E-state index contributed by atoms with van der Waals surface area (Å²) in [4.78, 5) is 15.0. The summed E-state index contributed by atoms with van der Waals surface area (Å²) in [5.41, 5.74) is 8.90. The minimum atomic E-state index is -0.249. The minimum Gasteiger partial charge on any atom is -0.469 e. The van der Waals surface area contributed by atoms with Gasteiger partial charge in [-0.25, -0.2) is 4.98 Å². The molecule has 0 saturated heterocycles. The van der Waals surface area contributed by atoms with E-state index in [-0.39, 0.29) is 5.97 Å². The van der Waals surface area contributed by atoms with Crippen LogP contribution in [0.15, 0.2) is 42.6 Å². The lowest BCUT2D eigenvalue weighted by Gasteiger charge is -2.06. The zero-order valence-electron chi connectivity index (χ0n) is 12.6. The Morgan fingerprint density at radius 3 is 2.45 bits per heavy atom. The van der Waals surface area contributed by atoms with E-state index in [4.69, 9.17) is 10.5 Å². The molecule has 0 aliphatic carbocycles. The lowest BCUT2D eigenvalue weighted by molar-refractivity contribution is -0.141. The van der Waals surface area contributed by atoms with E-state index >= 15 is 0 Å². The van der Waals surface area contributed by atoms with Crippen molar-refractivity contribution in [3.8, 4) is 11.1 Å². The summed E-state index contributed by atoms with van der Waals surface area (Å²) in [7, 11) is 1.38. The summed E-state index contributed by atoms with van der Waals surface area (Å²) in [6.45, 7) is 0.974. The second-order valence-electron chi connectivity index (χ2n) is 4.86. The first-order valence-corrected chi connectivity index (χ1v) is 7.14. The number of hydrogen-bond donors (Lipinski definition) is 1. The van der Waals surface area contributed by atoms with Gasteiger partial charge >= 0.3 is 5.97 Å². The molecular formula is C17H20N2O3. The Labute approximate surface area is 130 Å². The summed E-state index contributed by atoms with van der Waals surface area (Å²) in [6, 6.07) is 12.0. The van der Waals surface area contributed by atoms with Crippen LogP contribution in [0, 0.1) is 0 Å². The van der Waals surface area contributed by atoms with Crippen molar-refractivity contribution in [2.24, 2.45) is 0 Å². The number of ether oxygens (including phenoxy) is 2. The van der Waals surface area contributed by atoms with Crippen molar-refractivity contribution in [1.82, 2.24) is 4.98 Å². The minimum absolute atomic E-state index is 0.249. The normalized spacial score (nSPS) is 10.4. The lowest BCUT2D eigenvalue weighted by Crippen LogP contribution is -2.07. The van der Waals surface area contributed by atoms with Crippen LogP contribution >= 0.6 is 0 Å². The van der Waals surface area contributed by atoms with Gasteiger partial charge in [0, 0.05) is 11.8 Å². The fraction of sp³-hybridized carbons (Fsp3) is 0.294. The third-order valence-corrected chi connectivity index (χ3v) is 3.29. The number of benzene rings is 1. The molecule has 0 spiro atoms. The highest BCUT2D eigenvalue weighted by Crippen LogP contribution is 2.19. The van der Waals surface area contributed by atoms with Gasteiger partial charge in [0.15, 0.2) is 0 Å². The molecule has 0 aliphatic heterocycles. The summed E-state index contributed by atoms with van der Waals surface area (Å²) in [6.07, 6.45) is 2.86. The molecule has 0 radical (unpaired) electrons. The Bertz CT molecular complexity index is 594. The number of nitrogens with two attached hydrogens (primary N) is 1. The summed E-state index contributed by atoms with van der Waals surface area (Å²) in [5.74, 6) is 0.269. The molecule has 0 aliphatic rings. The van der Waals surface area contributed by atoms with Crippen molar-refractivity contribution in [2.75, 3.05) is 26.1 Å². The third-order valence-electron chi connectivity index (χ3n) is 3.29. The van der Waals surface area contributed by atoms with Crippen molar-refractivity contribution in [3.05, 3.63) is 48.2 Å². The number of anilines is 1. The van der Waals surface area contributed by atoms with Gasteiger partial charge in [-0.05, 0) is 29.7 Å². The molecule has 1 aromatic carbocycles. The van der Waals surface area contributed by atoms with E-state index in [1.54, 1.807) is 12.3 Å². The average Bonchev–Trinajstić information content (AvgIpc) is 2.55. The fourth-order valence-electron chi connectivity index (χ4n) is 1.99. The Morgan fingerprint density at radius 2 is 1.82 bits per heavy atom. The van der Waals surface area contributed by atoms with E-state index in [0.29, 0.717) is 25.5 Å². The molecule has 1 heterocycles. The molecule has 22 heavy (non-hydrogen) atoms. The third kappa shape index (κ3) is 4.86.